The van der Waals surface area contributed by atoms with Crippen LogP contribution >= 0.6 is 15.9 Å². The van der Waals surface area contributed by atoms with Gasteiger partial charge in [-0.25, -0.2) is 0 Å². The SMILES string of the molecule is CN(CCc1ccc(Br)cc1)CC(O)CC(=O)O. The van der Waals surface area contributed by atoms with E-state index in [1.807, 2.05) is 36.2 Å². The van der Waals surface area contributed by atoms with Crippen LogP contribution in [0.3, 0.4) is 0 Å². The van der Waals surface area contributed by atoms with Crippen LogP contribution in [0.15, 0.2) is 28.7 Å². The number of halogens is 1. The molecule has 0 saturated heterocycles. The Kier molecular flexibility index (Phi) is 6.32. The summed E-state index contributed by atoms with van der Waals surface area (Å²) in [5.74, 6) is -0.969. The van der Waals surface area contributed by atoms with E-state index in [0.717, 1.165) is 17.4 Å². The van der Waals surface area contributed by atoms with Gasteiger partial charge >= 0.3 is 5.97 Å². The molecule has 100 valence electrons. The van der Waals surface area contributed by atoms with Crippen LogP contribution in [0.4, 0.5) is 0 Å². The number of rotatable bonds is 7. The van der Waals surface area contributed by atoms with Crippen LogP contribution in [0.2, 0.25) is 0 Å². The smallest absolute Gasteiger partial charge is 0.306 e. The molecule has 18 heavy (non-hydrogen) atoms. The van der Waals surface area contributed by atoms with Crippen LogP contribution in [0.1, 0.15) is 12.0 Å². The molecule has 0 aliphatic rings. The highest BCUT2D eigenvalue weighted by atomic mass is 79.9. The molecule has 0 radical (unpaired) electrons. The Balaban J connectivity index is 2.30. The van der Waals surface area contributed by atoms with Crippen LogP contribution < -0.4 is 0 Å². The molecule has 0 aliphatic carbocycles. The first-order valence-corrected chi connectivity index (χ1v) is 6.59. The summed E-state index contributed by atoms with van der Waals surface area (Å²) in [4.78, 5) is 12.4. The van der Waals surface area contributed by atoms with E-state index in [9.17, 15) is 9.90 Å². The molecule has 2 N–H and O–H groups in total. The number of likely N-dealkylation sites (N-methyl/N-ethyl adjacent to an activating group) is 1. The summed E-state index contributed by atoms with van der Waals surface area (Å²) >= 11 is 3.38. The third kappa shape index (κ3) is 6.14. The van der Waals surface area contributed by atoms with Crippen molar-refractivity contribution >= 4 is 21.9 Å². The van der Waals surface area contributed by atoms with Gasteiger partial charge in [-0.1, -0.05) is 28.1 Å². The largest absolute Gasteiger partial charge is 0.481 e. The third-order valence-electron chi connectivity index (χ3n) is 2.63. The first-order chi connectivity index (χ1) is 8.47. The van der Waals surface area contributed by atoms with Gasteiger partial charge in [-0.15, -0.1) is 0 Å². The van der Waals surface area contributed by atoms with Crippen molar-refractivity contribution in [2.45, 2.75) is 18.9 Å². The molecule has 1 aromatic carbocycles. The van der Waals surface area contributed by atoms with Gasteiger partial charge in [0.05, 0.1) is 12.5 Å². The minimum atomic E-state index is -0.969. The van der Waals surface area contributed by atoms with Crippen LogP contribution in [-0.4, -0.2) is 47.3 Å². The van der Waals surface area contributed by atoms with Gasteiger partial charge in [0.25, 0.3) is 0 Å². The predicted octanol–water partition coefficient (Wildman–Crippen LogP) is 1.76. The second-order valence-electron chi connectivity index (χ2n) is 4.39. The Morgan fingerprint density at radius 1 is 1.39 bits per heavy atom. The fourth-order valence-corrected chi connectivity index (χ4v) is 1.95. The van der Waals surface area contributed by atoms with Crippen LogP contribution in [0.5, 0.6) is 0 Å². The van der Waals surface area contributed by atoms with Gasteiger partial charge < -0.3 is 15.1 Å². The molecule has 1 unspecified atom stereocenters. The minimum absolute atomic E-state index is 0.206. The molecular formula is C13H18BrNO3. The van der Waals surface area contributed by atoms with Gasteiger partial charge in [-0.3, -0.25) is 4.79 Å². The Morgan fingerprint density at radius 2 is 2.00 bits per heavy atom. The number of carboxylic acid groups (broad SMARTS) is 1. The number of carboxylic acids is 1. The molecule has 1 aromatic rings. The van der Waals surface area contributed by atoms with E-state index < -0.39 is 12.1 Å². The average Bonchev–Trinajstić information content (AvgIpc) is 2.27. The number of hydrogen-bond acceptors (Lipinski definition) is 3. The molecule has 0 heterocycles. The molecule has 0 amide bonds. The van der Waals surface area contributed by atoms with Gasteiger partial charge in [0, 0.05) is 17.6 Å². The van der Waals surface area contributed by atoms with Crippen LogP contribution in [0, 0.1) is 0 Å². The van der Waals surface area contributed by atoms with Gasteiger partial charge in [0.2, 0.25) is 0 Å². The fraction of sp³-hybridized carbons (Fsp3) is 0.462. The average molecular weight is 316 g/mol. The molecule has 5 heteroatoms. The Labute approximate surface area is 115 Å². The van der Waals surface area contributed by atoms with Crippen molar-refractivity contribution < 1.29 is 15.0 Å². The highest BCUT2D eigenvalue weighted by Crippen LogP contribution is 2.11. The lowest BCUT2D eigenvalue weighted by Gasteiger charge is -2.19. The van der Waals surface area contributed by atoms with Crippen molar-refractivity contribution in [3.05, 3.63) is 34.3 Å². The number of aliphatic carboxylic acids is 1. The van der Waals surface area contributed by atoms with Crippen molar-refractivity contribution in [2.75, 3.05) is 20.1 Å². The van der Waals surface area contributed by atoms with Crippen molar-refractivity contribution in [2.24, 2.45) is 0 Å². The predicted molar refractivity (Wildman–Crippen MR) is 73.6 cm³/mol. The number of nitrogens with zero attached hydrogens (tertiary/aromatic N) is 1. The number of aliphatic hydroxyl groups excluding tert-OH is 1. The highest BCUT2D eigenvalue weighted by Gasteiger charge is 2.11. The van der Waals surface area contributed by atoms with E-state index in [2.05, 4.69) is 15.9 Å². The summed E-state index contributed by atoms with van der Waals surface area (Å²) in [5.41, 5.74) is 1.22. The van der Waals surface area contributed by atoms with Crippen molar-refractivity contribution in [3.8, 4) is 0 Å². The number of hydrogen-bond donors (Lipinski definition) is 2. The van der Waals surface area contributed by atoms with Crippen molar-refractivity contribution in [1.29, 1.82) is 0 Å². The minimum Gasteiger partial charge on any atom is -0.481 e. The van der Waals surface area contributed by atoms with Gasteiger partial charge in [0.1, 0.15) is 0 Å². The van der Waals surface area contributed by atoms with E-state index in [0.29, 0.717) is 6.54 Å². The molecule has 1 rings (SSSR count). The zero-order valence-corrected chi connectivity index (χ0v) is 11.9. The van der Waals surface area contributed by atoms with E-state index >= 15 is 0 Å². The highest BCUT2D eigenvalue weighted by molar-refractivity contribution is 9.10. The molecule has 0 spiro atoms. The molecule has 0 aromatic heterocycles. The molecule has 0 bridgehead atoms. The number of benzene rings is 1. The zero-order chi connectivity index (χ0) is 13.5. The molecule has 0 aliphatic heterocycles. The monoisotopic (exact) mass is 315 g/mol. The maximum Gasteiger partial charge on any atom is 0.306 e. The topological polar surface area (TPSA) is 60.8 Å². The molecule has 1 atom stereocenters. The molecule has 0 saturated carbocycles. The van der Waals surface area contributed by atoms with Crippen LogP contribution in [-0.2, 0) is 11.2 Å². The van der Waals surface area contributed by atoms with E-state index in [1.165, 1.54) is 5.56 Å². The van der Waals surface area contributed by atoms with E-state index in [4.69, 9.17) is 5.11 Å². The second-order valence-corrected chi connectivity index (χ2v) is 5.31. The Bertz CT molecular complexity index is 380. The summed E-state index contributed by atoms with van der Waals surface area (Å²) in [6, 6.07) is 8.08. The quantitative estimate of drug-likeness (QED) is 0.805. The summed E-state index contributed by atoms with van der Waals surface area (Å²) in [7, 11) is 1.88. The van der Waals surface area contributed by atoms with Crippen LogP contribution in [0.25, 0.3) is 0 Å². The zero-order valence-electron chi connectivity index (χ0n) is 10.3. The summed E-state index contributed by atoms with van der Waals surface area (Å²) in [5, 5.41) is 18.0. The van der Waals surface area contributed by atoms with E-state index in [-0.39, 0.29) is 6.42 Å². The molecule has 4 nitrogen and oxygen atoms in total. The lowest BCUT2D eigenvalue weighted by Crippen LogP contribution is -2.32. The van der Waals surface area contributed by atoms with Gasteiger partial charge in [-0.2, -0.15) is 0 Å². The van der Waals surface area contributed by atoms with Gasteiger partial charge in [0.15, 0.2) is 0 Å². The fourth-order valence-electron chi connectivity index (χ4n) is 1.69. The first-order valence-electron chi connectivity index (χ1n) is 5.80. The Morgan fingerprint density at radius 3 is 2.56 bits per heavy atom. The summed E-state index contributed by atoms with van der Waals surface area (Å²) in [6.07, 6.45) is -0.135. The van der Waals surface area contributed by atoms with Crippen molar-refractivity contribution in [1.82, 2.24) is 4.90 Å². The second kappa shape index (κ2) is 7.51. The number of aliphatic hydroxyl groups is 1. The lowest BCUT2D eigenvalue weighted by molar-refractivity contribution is -0.139. The van der Waals surface area contributed by atoms with Gasteiger partial charge in [-0.05, 0) is 31.2 Å². The molecular weight excluding hydrogens is 298 g/mol. The summed E-state index contributed by atoms with van der Waals surface area (Å²) in [6.45, 7) is 1.17. The third-order valence-corrected chi connectivity index (χ3v) is 3.16. The molecule has 0 fully saturated rings. The first kappa shape index (κ1) is 15.1. The lowest BCUT2D eigenvalue weighted by atomic mass is 10.1. The standard InChI is InChI=1S/C13H18BrNO3/c1-15(9-12(16)8-13(17)18)7-6-10-2-4-11(14)5-3-10/h2-5,12,16H,6-9H2,1H3,(H,17,18). The maximum absolute atomic E-state index is 10.4. The maximum atomic E-state index is 10.4. The summed E-state index contributed by atoms with van der Waals surface area (Å²) < 4.78 is 1.05. The van der Waals surface area contributed by atoms with E-state index in [1.54, 1.807) is 0 Å². The number of carbonyl (C=O) groups is 1. The normalized spacial score (nSPS) is 12.7. The Hall–Kier alpha value is -0.910. The van der Waals surface area contributed by atoms with Crippen molar-refractivity contribution in [3.63, 3.8) is 0 Å².